The Morgan fingerprint density at radius 3 is 2.19 bits per heavy atom. The lowest BCUT2D eigenvalue weighted by atomic mass is 10.1. The zero-order chi connectivity index (χ0) is 19.3. The topological polar surface area (TPSA) is 92.3 Å². The predicted molar refractivity (Wildman–Crippen MR) is 104 cm³/mol. The van der Waals surface area contributed by atoms with E-state index in [-0.39, 0.29) is 17.2 Å². The molecule has 140 valence electrons. The smallest absolute Gasteiger partial charge is 0.268 e. The largest absolute Gasteiger partial charge is 0.347 e. The summed E-state index contributed by atoms with van der Waals surface area (Å²) in [6.45, 7) is 0. The minimum Gasteiger partial charge on any atom is -0.347 e. The van der Waals surface area contributed by atoms with Crippen LogP contribution in [0.25, 0.3) is 6.08 Å². The molecule has 1 atom stereocenters. The molecular formula is C20H20N2O4S. The summed E-state index contributed by atoms with van der Waals surface area (Å²) in [5, 5.41) is 5.35. The molecule has 2 aromatic rings. The van der Waals surface area contributed by atoms with Gasteiger partial charge >= 0.3 is 0 Å². The van der Waals surface area contributed by atoms with Crippen molar-refractivity contribution in [3.63, 3.8) is 0 Å². The average molecular weight is 384 g/mol. The highest BCUT2D eigenvalue weighted by Gasteiger charge is 2.29. The van der Waals surface area contributed by atoms with Crippen LogP contribution in [0.5, 0.6) is 0 Å². The zero-order valence-corrected chi connectivity index (χ0v) is 15.4. The van der Waals surface area contributed by atoms with Gasteiger partial charge < -0.3 is 10.6 Å². The standard InChI is InChI=1S/C20H20N2O4S/c23-19(16-9-5-2-6-10-16)22-18(13-15-7-3-1-4-8-15)20(24)21-17-11-12-27(25,26)14-17/h1-10,13,17H,11-12,14H2,(H,21,24)(H,22,23)/b18-13+/t17-/m0/s1. The average Bonchev–Trinajstić information content (AvgIpc) is 3.01. The molecule has 2 N–H and O–H groups in total. The van der Waals surface area contributed by atoms with Crippen molar-refractivity contribution >= 4 is 27.7 Å². The highest BCUT2D eigenvalue weighted by Crippen LogP contribution is 2.13. The molecule has 0 saturated carbocycles. The van der Waals surface area contributed by atoms with E-state index < -0.39 is 27.7 Å². The second-order valence-electron chi connectivity index (χ2n) is 6.36. The number of carbonyl (C=O) groups is 2. The van der Waals surface area contributed by atoms with Gasteiger partial charge in [0.1, 0.15) is 5.70 Å². The molecule has 3 rings (SSSR count). The number of amides is 2. The van der Waals surface area contributed by atoms with Gasteiger partial charge in [-0.25, -0.2) is 8.42 Å². The summed E-state index contributed by atoms with van der Waals surface area (Å²) in [4.78, 5) is 25.2. The van der Waals surface area contributed by atoms with E-state index in [0.717, 1.165) is 5.56 Å². The maximum Gasteiger partial charge on any atom is 0.268 e. The van der Waals surface area contributed by atoms with Gasteiger partial charge in [-0.2, -0.15) is 0 Å². The molecule has 0 spiro atoms. The summed E-state index contributed by atoms with van der Waals surface area (Å²) in [7, 11) is -3.11. The summed E-state index contributed by atoms with van der Waals surface area (Å²) in [6, 6.07) is 17.2. The first-order chi connectivity index (χ1) is 12.9. The van der Waals surface area contributed by atoms with E-state index >= 15 is 0 Å². The van der Waals surface area contributed by atoms with Crippen molar-refractivity contribution in [3.8, 4) is 0 Å². The number of rotatable bonds is 5. The van der Waals surface area contributed by atoms with Crippen LogP contribution in [0.3, 0.4) is 0 Å². The molecule has 1 aliphatic rings. The summed E-state index contributed by atoms with van der Waals surface area (Å²) in [5.74, 6) is -0.937. The van der Waals surface area contributed by atoms with Crippen molar-refractivity contribution < 1.29 is 18.0 Å². The van der Waals surface area contributed by atoms with E-state index in [1.165, 1.54) is 0 Å². The van der Waals surface area contributed by atoms with E-state index in [2.05, 4.69) is 10.6 Å². The second kappa shape index (κ2) is 8.18. The van der Waals surface area contributed by atoms with E-state index in [0.29, 0.717) is 12.0 Å². The Balaban J connectivity index is 1.80. The van der Waals surface area contributed by atoms with Crippen molar-refractivity contribution in [2.45, 2.75) is 12.5 Å². The first kappa shape index (κ1) is 18.8. The fourth-order valence-electron chi connectivity index (χ4n) is 2.83. The number of hydrogen-bond acceptors (Lipinski definition) is 4. The molecule has 0 aromatic heterocycles. The molecular weight excluding hydrogens is 364 g/mol. The molecule has 0 bridgehead atoms. The first-order valence-electron chi connectivity index (χ1n) is 8.57. The molecule has 2 amide bonds. The van der Waals surface area contributed by atoms with Crippen LogP contribution in [0.4, 0.5) is 0 Å². The number of benzene rings is 2. The third kappa shape index (κ3) is 5.27. The molecule has 0 unspecified atom stereocenters. The Hall–Kier alpha value is -2.93. The minimum absolute atomic E-state index is 0.0616. The van der Waals surface area contributed by atoms with Crippen molar-refractivity contribution in [1.29, 1.82) is 0 Å². The molecule has 1 aliphatic heterocycles. The molecule has 6 nitrogen and oxygen atoms in total. The van der Waals surface area contributed by atoms with Gasteiger partial charge in [-0.3, -0.25) is 9.59 Å². The van der Waals surface area contributed by atoms with Crippen LogP contribution in [0.15, 0.2) is 66.4 Å². The number of carbonyl (C=O) groups excluding carboxylic acids is 2. The van der Waals surface area contributed by atoms with Gasteiger partial charge in [0.2, 0.25) is 0 Å². The normalized spacial score (nSPS) is 18.7. The molecule has 1 fully saturated rings. The first-order valence-corrected chi connectivity index (χ1v) is 10.4. The van der Waals surface area contributed by atoms with Gasteiger partial charge in [-0.1, -0.05) is 48.5 Å². The van der Waals surface area contributed by atoms with Gasteiger partial charge in [0.25, 0.3) is 11.8 Å². The summed E-state index contributed by atoms with van der Waals surface area (Å²) >= 11 is 0. The lowest BCUT2D eigenvalue weighted by molar-refractivity contribution is -0.118. The van der Waals surface area contributed by atoms with Crippen LogP contribution in [-0.2, 0) is 14.6 Å². The van der Waals surface area contributed by atoms with E-state index in [1.54, 1.807) is 36.4 Å². The van der Waals surface area contributed by atoms with Crippen LogP contribution in [0.1, 0.15) is 22.3 Å². The molecule has 0 aliphatic carbocycles. The fraction of sp³-hybridized carbons (Fsp3) is 0.200. The SMILES string of the molecule is O=C(N[C@H]1CCS(=O)(=O)C1)/C(=C\c1ccccc1)NC(=O)c1ccccc1. The minimum atomic E-state index is -3.11. The van der Waals surface area contributed by atoms with Crippen LogP contribution in [-0.4, -0.2) is 37.8 Å². The number of hydrogen-bond donors (Lipinski definition) is 2. The van der Waals surface area contributed by atoms with Crippen LogP contribution >= 0.6 is 0 Å². The van der Waals surface area contributed by atoms with Crippen molar-refractivity contribution in [1.82, 2.24) is 10.6 Å². The van der Waals surface area contributed by atoms with Crippen molar-refractivity contribution in [3.05, 3.63) is 77.5 Å². The Labute approximate surface area is 158 Å². The quantitative estimate of drug-likeness (QED) is 0.769. The van der Waals surface area contributed by atoms with Crippen LogP contribution < -0.4 is 10.6 Å². The highest BCUT2D eigenvalue weighted by molar-refractivity contribution is 7.91. The number of nitrogens with one attached hydrogen (secondary N) is 2. The molecule has 0 radical (unpaired) electrons. The van der Waals surface area contributed by atoms with Crippen molar-refractivity contribution in [2.75, 3.05) is 11.5 Å². The Morgan fingerprint density at radius 2 is 1.59 bits per heavy atom. The van der Waals surface area contributed by atoms with Gasteiger partial charge in [-0.05, 0) is 30.2 Å². The summed E-state index contributed by atoms with van der Waals surface area (Å²) in [5.41, 5.74) is 1.24. The van der Waals surface area contributed by atoms with Crippen molar-refractivity contribution in [2.24, 2.45) is 0 Å². The molecule has 7 heteroatoms. The highest BCUT2D eigenvalue weighted by atomic mass is 32.2. The van der Waals surface area contributed by atoms with E-state index in [9.17, 15) is 18.0 Å². The monoisotopic (exact) mass is 384 g/mol. The Bertz CT molecular complexity index is 954. The fourth-order valence-corrected chi connectivity index (χ4v) is 4.50. The third-order valence-corrected chi connectivity index (χ3v) is 5.97. The number of sulfone groups is 1. The van der Waals surface area contributed by atoms with E-state index in [4.69, 9.17) is 0 Å². The summed E-state index contributed by atoms with van der Waals surface area (Å²) < 4.78 is 23.2. The Kier molecular flexibility index (Phi) is 5.71. The van der Waals surface area contributed by atoms with Crippen LogP contribution in [0.2, 0.25) is 0 Å². The van der Waals surface area contributed by atoms with Gasteiger partial charge in [0.05, 0.1) is 11.5 Å². The predicted octanol–water partition coefficient (Wildman–Crippen LogP) is 1.76. The maximum atomic E-state index is 12.7. The third-order valence-electron chi connectivity index (χ3n) is 4.21. The zero-order valence-electron chi connectivity index (χ0n) is 14.6. The van der Waals surface area contributed by atoms with Gasteiger partial charge in [-0.15, -0.1) is 0 Å². The van der Waals surface area contributed by atoms with Gasteiger partial charge in [0, 0.05) is 11.6 Å². The van der Waals surface area contributed by atoms with Crippen LogP contribution in [0, 0.1) is 0 Å². The molecule has 1 heterocycles. The lowest BCUT2D eigenvalue weighted by Gasteiger charge is -2.14. The lowest BCUT2D eigenvalue weighted by Crippen LogP contribution is -2.41. The molecule has 1 saturated heterocycles. The van der Waals surface area contributed by atoms with Gasteiger partial charge in [0.15, 0.2) is 9.84 Å². The Morgan fingerprint density at radius 1 is 0.963 bits per heavy atom. The second-order valence-corrected chi connectivity index (χ2v) is 8.59. The molecule has 27 heavy (non-hydrogen) atoms. The maximum absolute atomic E-state index is 12.7. The van der Waals surface area contributed by atoms with E-state index in [1.807, 2.05) is 30.3 Å². The molecule has 2 aromatic carbocycles. The summed E-state index contributed by atoms with van der Waals surface area (Å²) in [6.07, 6.45) is 1.94.